The Balaban J connectivity index is 2.29. The first-order chi connectivity index (χ1) is 7.13. The summed E-state index contributed by atoms with van der Waals surface area (Å²) in [5.41, 5.74) is 0. The first kappa shape index (κ1) is 12.9. The van der Waals surface area contributed by atoms with Crippen LogP contribution in [0.4, 0.5) is 0 Å². The fourth-order valence-electron chi connectivity index (χ4n) is 2.16. The summed E-state index contributed by atoms with van der Waals surface area (Å²) in [4.78, 5) is 2.52. The Hall–Kier alpha value is -0.120. The molecule has 1 aliphatic rings. The predicted molar refractivity (Wildman–Crippen MR) is 64.2 cm³/mol. The molecule has 0 aromatic carbocycles. The molecule has 15 heavy (non-hydrogen) atoms. The van der Waals surface area contributed by atoms with Crippen LogP contribution in [0.3, 0.4) is 0 Å². The van der Waals surface area contributed by atoms with Crippen LogP contribution < -0.4 is 5.32 Å². The average molecular weight is 214 g/mol. The normalized spacial score (nSPS) is 25.8. The lowest BCUT2D eigenvalue weighted by Crippen LogP contribution is -2.54. The average Bonchev–Trinajstić information content (AvgIpc) is 2.18. The summed E-state index contributed by atoms with van der Waals surface area (Å²) < 4.78 is 5.58. The number of ether oxygens (including phenoxy) is 1. The molecule has 0 radical (unpaired) electrons. The topological polar surface area (TPSA) is 24.5 Å². The minimum absolute atomic E-state index is 0.362. The van der Waals surface area contributed by atoms with Gasteiger partial charge in [0.25, 0.3) is 0 Å². The van der Waals surface area contributed by atoms with E-state index in [0.717, 1.165) is 38.7 Å². The van der Waals surface area contributed by atoms with E-state index in [2.05, 4.69) is 37.9 Å². The van der Waals surface area contributed by atoms with Crippen molar-refractivity contribution < 1.29 is 4.74 Å². The van der Waals surface area contributed by atoms with Crippen LogP contribution in [0.2, 0.25) is 0 Å². The van der Waals surface area contributed by atoms with E-state index in [-0.39, 0.29) is 0 Å². The molecule has 1 heterocycles. The van der Waals surface area contributed by atoms with Crippen molar-refractivity contribution in [1.82, 2.24) is 10.2 Å². The van der Waals surface area contributed by atoms with Gasteiger partial charge in [-0.1, -0.05) is 13.8 Å². The highest BCUT2D eigenvalue weighted by Gasteiger charge is 2.22. The number of rotatable bonds is 5. The highest BCUT2D eigenvalue weighted by atomic mass is 16.5. The SMILES string of the molecule is CCOC(C)CN1CCNC(C(C)C)C1. The third-order valence-electron chi connectivity index (χ3n) is 3.06. The maximum atomic E-state index is 5.58. The Bertz CT molecular complexity index is 173. The van der Waals surface area contributed by atoms with Gasteiger partial charge >= 0.3 is 0 Å². The van der Waals surface area contributed by atoms with Gasteiger partial charge in [-0.2, -0.15) is 0 Å². The second-order valence-corrected chi connectivity index (χ2v) is 4.83. The van der Waals surface area contributed by atoms with E-state index in [4.69, 9.17) is 4.74 Å². The lowest BCUT2D eigenvalue weighted by atomic mass is 10.0. The molecule has 1 saturated heterocycles. The molecular formula is C12H26N2O. The molecule has 0 amide bonds. The molecule has 2 atom stereocenters. The Morgan fingerprint density at radius 3 is 2.73 bits per heavy atom. The molecule has 1 aliphatic heterocycles. The van der Waals surface area contributed by atoms with E-state index in [0.29, 0.717) is 12.1 Å². The van der Waals surface area contributed by atoms with Crippen molar-refractivity contribution >= 4 is 0 Å². The Kier molecular flexibility index (Phi) is 5.58. The molecule has 0 spiro atoms. The van der Waals surface area contributed by atoms with Crippen molar-refractivity contribution in [3.05, 3.63) is 0 Å². The van der Waals surface area contributed by atoms with Crippen LogP contribution in [0.25, 0.3) is 0 Å². The molecule has 1 fully saturated rings. The zero-order valence-electron chi connectivity index (χ0n) is 10.6. The molecule has 3 nitrogen and oxygen atoms in total. The van der Waals surface area contributed by atoms with E-state index in [1.807, 2.05) is 0 Å². The van der Waals surface area contributed by atoms with Gasteiger partial charge in [-0.05, 0) is 19.8 Å². The molecule has 2 unspecified atom stereocenters. The quantitative estimate of drug-likeness (QED) is 0.747. The number of piperazine rings is 1. The molecule has 1 N–H and O–H groups in total. The summed E-state index contributed by atoms with van der Waals surface area (Å²) in [5.74, 6) is 0.718. The molecule has 0 aromatic heterocycles. The second kappa shape index (κ2) is 6.46. The third-order valence-corrected chi connectivity index (χ3v) is 3.06. The molecule has 0 bridgehead atoms. The number of nitrogens with zero attached hydrogens (tertiary/aromatic N) is 1. The molecular weight excluding hydrogens is 188 g/mol. The predicted octanol–water partition coefficient (Wildman–Crippen LogP) is 1.34. The van der Waals surface area contributed by atoms with Gasteiger partial charge in [0.15, 0.2) is 0 Å². The first-order valence-corrected chi connectivity index (χ1v) is 6.20. The second-order valence-electron chi connectivity index (χ2n) is 4.83. The molecule has 3 heteroatoms. The highest BCUT2D eigenvalue weighted by molar-refractivity contribution is 4.81. The van der Waals surface area contributed by atoms with Crippen LogP contribution in [-0.4, -0.2) is 49.8 Å². The van der Waals surface area contributed by atoms with Gasteiger partial charge in [0.2, 0.25) is 0 Å². The van der Waals surface area contributed by atoms with Crippen molar-refractivity contribution in [1.29, 1.82) is 0 Å². The summed E-state index contributed by atoms with van der Waals surface area (Å²) in [6.45, 7) is 14.1. The van der Waals surface area contributed by atoms with Crippen molar-refractivity contribution in [3.8, 4) is 0 Å². The summed E-state index contributed by atoms with van der Waals surface area (Å²) in [6, 6.07) is 0.646. The Morgan fingerprint density at radius 2 is 2.13 bits per heavy atom. The molecule has 0 aliphatic carbocycles. The molecule has 1 rings (SSSR count). The first-order valence-electron chi connectivity index (χ1n) is 6.20. The van der Waals surface area contributed by atoms with Crippen molar-refractivity contribution in [2.75, 3.05) is 32.8 Å². The van der Waals surface area contributed by atoms with Crippen LogP contribution in [0.1, 0.15) is 27.7 Å². The van der Waals surface area contributed by atoms with E-state index >= 15 is 0 Å². The van der Waals surface area contributed by atoms with Crippen molar-refractivity contribution in [2.24, 2.45) is 5.92 Å². The van der Waals surface area contributed by atoms with Gasteiger partial charge in [-0.3, -0.25) is 4.90 Å². The fraction of sp³-hybridized carbons (Fsp3) is 1.00. The molecule has 90 valence electrons. The minimum Gasteiger partial charge on any atom is -0.377 e. The van der Waals surface area contributed by atoms with Crippen molar-refractivity contribution in [2.45, 2.75) is 39.8 Å². The van der Waals surface area contributed by atoms with E-state index in [9.17, 15) is 0 Å². The number of hydrogen-bond donors (Lipinski definition) is 1. The lowest BCUT2D eigenvalue weighted by molar-refractivity contribution is 0.0353. The standard InChI is InChI=1S/C12H26N2O/c1-5-15-11(4)8-14-7-6-13-12(9-14)10(2)3/h10-13H,5-9H2,1-4H3. The Morgan fingerprint density at radius 1 is 1.40 bits per heavy atom. The largest absolute Gasteiger partial charge is 0.377 e. The summed E-state index contributed by atoms with van der Waals surface area (Å²) in [5, 5.41) is 3.57. The lowest BCUT2D eigenvalue weighted by Gasteiger charge is -2.36. The minimum atomic E-state index is 0.362. The van der Waals surface area contributed by atoms with Crippen molar-refractivity contribution in [3.63, 3.8) is 0 Å². The third kappa shape index (κ3) is 4.49. The summed E-state index contributed by atoms with van der Waals surface area (Å²) in [6.07, 6.45) is 0.362. The maximum Gasteiger partial charge on any atom is 0.0673 e. The van der Waals surface area contributed by atoms with Crippen LogP contribution in [0.5, 0.6) is 0 Å². The van der Waals surface area contributed by atoms with Gasteiger partial charge < -0.3 is 10.1 Å². The maximum absolute atomic E-state index is 5.58. The van der Waals surface area contributed by atoms with Crippen LogP contribution >= 0.6 is 0 Å². The van der Waals surface area contributed by atoms with E-state index in [1.54, 1.807) is 0 Å². The fourth-order valence-corrected chi connectivity index (χ4v) is 2.16. The van der Waals surface area contributed by atoms with Gasteiger partial charge in [-0.15, -0.1) is 0 Å². The van der Waals surface area contributed by atoms with E-state index in [1.165, 1.54) is 0 Å². The van der Waals surface area contributed by atoms with Crippen LogP contribution in [-0.2, 0) is 4.74 Å². The van der Waals surface area contributed by atoms with Gasteiger partial charge in [0.05, 0.1) is 6.10 Å². The Labute approximate surface area is 94.2 Å². The zero-order chi connectivity index (χ0) is 11.3. The smallest absolute Gasteiger partial charge is 0.0673 e. The van der Waals surface area contributed by atoms with Gasteiger partial charge in [-0.25, -0.2) is 0 Å². The van der Waals surface area contributed by atoms with Crippen LogP contribution in [0.15, 0.2) is 0 Å². The highest BCUT2D eigenvalue weighted by Crippen LogP contribution is 2.09. The number of nitrogens with one attached hydrogen (secondary N) is 1. The molecule has 0 saturated carbocycles. The summed E-state index contributed by atoms with van der Waals surface area (Å²) in [7, 11) is 0. The monoisotopic (exact) mass is 214 g/mol. The van der Waals surface area contributed by atoms with Gasteiger partial charge in [0.1, 0.15) is 0 Å². The molecule has 0 aromatic rings. The van der Waals surface area contributed by atoms with E-state index < -0.39 is 0 Å². The zero-order valence-corrected chi connectivity index (χ0v) is 10.6. The number of hydrogen-bond acceptors (Lipinski definition) is 3. The summed E-state index contributed by atoms with van der Waals surface area (Å²) >= 11 is 0. The van der Waals surface area contributed by atoms with Gasteiger partial charge in [0, 0.05) is 38.8 Å². The van der Waals surface area contributed by atoms with Crippen LogP contribution in [0, 0.1) is 5.92 Å².